The molecule has 1 atom stereocenters. The van der Waals surface area contributed by atoms with Gasteiger partial charge in [0.05, 0.1) is 10.6 Å². The molecule has 4 nitrogen and oxygen atoms in total. The van der Waals surface area contributed by atoms with E-state index in [2.05, 4.69) is 16.5 Å². The zero-order chi connectivity index (χ0) is 14.1. The van der Waals surface area contributed by atoms with Crippen molar-refractivity contribution in [2.45, 2.75) is 25.8 Å². The lowest BCUT2D eigenvalue weighted by atomic mass is 10.1. The number of nitrogens with two attached hydrogens (primary N) is 1. The fourth-order valence-corrected chi connectivity index (χ4v) is 3.07. The average Bonchev–Trinajstić information content (AvgIpc) is 3.04. The SMILES string of the molecule is CCCc1nnsc1C(N)c1cc2cc(Cl)ccc2o1. The van der Waals surface area contributed by atoms with E-state index in [0.29, 0.717) is 10.8 Å². The average molecular weight is 308 g/mol. The molecule has 0 aliphatic carbocycles. The summed E-state index contributed by atoms with van der Waals surface area (Å²) in [4.78, 5) is 0.969. The Morgan fingerprint density at radius 1 is 1.40 bits per heavy atom. The van der Waals surface area contributed by atoms with Crippen molar-refractivity contribution in [2.75, 3.05) is 0 Å². The summed E-state index contributed by atoms with van der Waals surface area (Å²) in [7, 11) is 0. The first-order valence-corrected chi connectivity index (χ1v) is 7.60. The Morgan fingerprint density at radius 2 is 2.25 bits per heavy atom. The largest absolute Gasteiger partial charge is 0.459 e. The maximum Gasteiger partial charge on any atom is 0.134 e. The van der Waals surface area contributed by atoms with Crippen LogP contribution >= 0.6 is 23.1 Å². The van der Waals surface area contributed by atoms with Crippen LogP contribution in [0.25, 0.3) is 11.0 Å². The van der Waals surface area contributed by atoms with Gasteiger partial charge in [-0.25, -0.2) is 0 Å². The highest BCUT2D eigenvalue weighted by molar-refractivity contribution is 7.05. The van der Waals surface area contributed by atoms with Gasteiger partial charge in [-0.1, -0.05) is 29.4 Å². The summed E-state index contributed by atoms with van der Waals surface area (Å²) in [6.45, 7) is 2.11. The van der Waals surface area contributed by atoms with E-state index in [1.807, 2.05) is 18.2 Å². The molecule has 6 heteroatoms. The minimum absolute atomic E-state index is 0.331. The highest BCUT2D eigenvalue weighted by atomic mass is 35.5. The van der Waals surface area contributed by atoms with E-state index in [4.69, 9.17) is 21.8 Å². The normalized spacial score (nSPS) is 12.9. The summed E-state index contributed by atoms with van der Waals surface area (Å²) in [5.74, 6) is 0.714. The van der Waals surface area contributed by atoms with Gasteiger partial charge in [-0.05, 0) is 42.2 Å². The highest BCUT2D eigenvalue weighted by Crippen LogP contribution is 2.31. The molecule has 0 bridgehead atoms. The van der Waals surface area contributed by atoms with Crippen LogP contribution in [0.2, 0.25) is 5.02 Å². The Kier molecular flexibility index (Phi) is 3.74. The summed E-state index contributed by atoms with van der Waals surface area (Å²) >= 11 is 7.32. The molecule has 0 saturated heterocycles. The first-order valence-electron chi connectivity index (χ1n) is 6.44. The van der Waals surface area contributed by atoms with Gasteiger partial charge in [-0.3, -0.25) is 0 Å². The maximum atomic E-state index is 6.30. The van der Waals surface area contributed by atoms with Crippen molar-refractivity contribution in [3.8, 4) is 0 Å². The van der Waals surface area contributed by atoms with E-state index in [0.717, 1.165) is 34.4 Å². The molecule has 0 radical (unpaired) electrons. The molecule has 0 fully saturated rings. The molecule has 3 aromatic rings. The summed E-state index contributed by atoms with van der Waals surface area (Å²) in [6.07, 6.45) is 1.90. The van der Waals surface area contributed by atoms with E-state index in [1.54, 1.807) is 6.07 Å². The number of furan rings is 1. The number of aromatic nitrogens is 2. The highest BCUT2D eigenvalue weighted by Gasteiger charge is 2.20. The number of hydrogen-bond donors (Lipinski definition) is 1. The number of fused-ring (bicyclic) bond motifs is 1. The Balaban J connectivity index is 1.99. The molecule has 20 heavy (non-hydrogen) atoms. The Bertz CT molecular complexity index is 737. The van der Waals surface area contributed by atoms with E-state index in [1.165, 1.54) is 11.5 Å². The van der Waals surface area contributed by atoms with Crippen molar-refractivity contribution in [3.05, 3.63) is 45.6 Å². The van der Waals surface area contributed by atoms with E-state index >= 15 is 0 Å². The second kappa shape index (κ2) is 5.52. The number of halogens is 1. The minimum atomic E-state index is -0.331. The fourth-order valence-electron chi connectivity index (χ4n) is 2.18. The van der Waals surface area contributed by atoms with Gasteiger partial charge in [0.15, 0.2) is 0 Å². The predicted octanol–water partition coefficient (Wildman–Crippen LogP) is 3.94. The van der Waals surface area contributed by atoms with Crippen LogP contribution in [0.3, 0.4) is 0 Å². The zero-order valence-electron chi connectivity index (χ0n) is 11.0. The van der Waals surface area contributed by atoms with Crippen LogP contribution in [-0.4, -0.2) is 9.59 Å². The molecule has 0 aliphatic heterocycles. The van der Waals surface area contributed by atoms with Crippen molar-refractivity contribution < 1.29 is 4.42 Å². The smallest absolute Gasteiger partial charge is 0.134 e. The van der Waals surface area contributed by atoms with Gasteiger partial charge < -0.3 is 10.2 Å². The van der Waals surface area contributed by atoms with Gasteiger partial charge in [0, 0.05) is 10.4 Å². The second-order valence-electron chi connectivity index (χ2n) is 4.64. The maximum absolute atomic E-state index is 6.30. The second-order valence-corrected chi connectivity index (χ2v) is 5.86. The Morgan fingerprint density at radius 3 is 3.05 bits per heavy atom. The van der Waals surface area contributed by atoms with Crippen molar-refractivity contribution >= 4 is 34.1 Å². The van der Waals surface area contributed by atoms with Crippen molar-refractivity contribution in [3.63, 3.8) is 0 Å². The van der Waals surface area contributed by atoms with E-state index in [-0.39, 0.29) is 6.04 Å². The first kappa shape index (κ1) is 13.5. The van der Waals surface area contributed by atoms with Crippen molar-refractivity contribution in [1.82, 2.24) is 9.59 Å². The summed E-state index contributed by atoms with van der Waals surface area (Å²) in [6, 6.07) is 7.13. The first-order chi connectivity index (χ1) is 9.69. The van der Waals surface area contributed by atoms with Crippen molar-refractivity contribution in [1.29, 1.82) is 0 Å². The summed E-state index contributed by atoms with van der Waals surface area (Å²) in [5, 5.41) is 5.79. The third-order valence-electron chi connectivity index (χ3n) is 3.16. The Labute approximate surface area is 125 Å². The molecule has 0 spiro atoms. The van der Waals surface area contributed by atoms with Gasteiger partial charge in [-0.2, -0.15) is 0 Å². The number of nitrogens with zero attached hydrogens (tertiary/aromatic N) is 2. The Hall–Kier alpha value is -1.43. The lowest BCUT2D eigenvalue weighted by Crippen LogP contribution is -2.11. The standard InChI is InChI=1S/C14H14ClN3OS/c1-2-3-10-14(20-18-17-10)13(16)12-7-8-6-9(15)4-5-11(8)19-12/h4-7,13H,2-3,16H2,1H3. The van der Waals surface area contributed by atoms with Crippen LogP contribution in [0.15, 0.2) is 28.7 Å². The number of rotatable bonds is 4. The topological polar surface area (TPSA) is 64.9 Å². The third-order valence-corrected chi connectivity index (χ3v) is 4.24. The summed E-state index contributed by atoms with van der Waals surface area (Å²) in [5.41, 5.74) is 8.05. The van der Waals surface area contributed by atoms with E-state index in [9.17, 15) is 0 Å². The lowest BCUT2D eigenvalue weighted by Gasteiger charge is -2.06. The molecule has 0 amide bonds. The van der Waals surface area contributed by atoms with Crippen LogP contribution < -0.4 is 5.73 Å². The van der Waals surface area contributed by atoms with Crippen molar-refractivity contribution in [2.24, 2.45) is 5.73 Å². The molecule has 2 N–H and O–H groups in total. The molecule has 104 valence electrons. The molecule has 2 heterocycles. The van der Waals surface area contributed by atoms with Gasteiger partial charge in [-0.15, -0.1) is 5.10 Å². The number of aryl methyl sites for hydroxylation is 1. The minimum Gasteiger partial charge on any atom is -0.459 e. The van der Waals surface area contributed by atoms with Crippen LogP contribution in [0.4, 0.5) is 0 Å². The quantitative estimate of drug-likeness (QED) is 0.793. The molecule has 3 rings (SSSR count). The molecule has 1 unspecified atom stereocenters. The predicted molar refractivity (Wildman–Crippen MR) is 81.2 cm³/mol. The number of hydrogen-bond acceptors (Lipinski definition) is 5. The van der Waals surface area contributed by atoms with Crippen LogP contribution in [0, 0.1) is 0 Å². The van der Waals surface area contributed by atoms with E-state index < -0.39 is 0 Å². The zero-order valence-corrected chi connectivity index (χ0v) is 12.5. The molecule has 0 aliphatic rings. The fraction of sp³-hybridized carbons (Fsp3) is 0.286. The molecule has 0 saturated carbocycles. The monoisotopic (exact) mass is 307 g/mol. The summed E-state index contributed by atoms with van der Waals surface area (Å²) < 4.78 is 9.81. The van der Waals surface area contributed by atoms with Crippen LogP contribution in [-0.2, 0) is 6.42 Å². The van der Waals surface area contributed by atoms with Gasteiger partial charge >= 0.3 is 0 Å². The van der Waals surface area contributed by atoms with Crippen LogP contribution in [0.1, 0.15) is 35.7 Å². The number of benzene rings is 1. The molecular weight excluding hydrogens is 294 g/mol. The molecule has 1 aromatic carbocycles. The molecule has 2 aromatic heterocycles. The third kappa shape index (κ3) is 2.44. The molecular formula is C14H14ClN3OS. The van der Waals surface area contributed by atoms with Gasteiger partial charge in [0.1, 0.15) is 17.4 Å². The van der Waals surface area contributed by atoms with Gasteiger partial charge in [0.25, 0.3) is 0 Å². The lowest BCUT2D eigenvalue weighted by molar-refractivity contribution is 0.526. The van der Waals surface area contributed by atoms with Gasteiger partial charge in [0.2, 0.25) is 0 Å². The van der Waals surface area contributed by atoms with Crippen LogP contribution in [0.5, 0.6) is 0 Å².